The fourth-order valence-corrected chi connectivity index (χ4v) is 2.98. The third-order valence-corrected chi connectivity index (χ3v) is 4.43. The minimum atomic E-state index is -0.616. The molecule has 0 spiro atoms. The molecule has 1 saturated heterocycles. The average molecular weight is 343 g/mol. The van der Waals surface area contributed by atoms with Crippen molar-refractivity contribution in [3.63, 3.8) is 0 Å². The summed E-state index contributed by atoms with van der Waals surface area (Å²) in [6.07, 6.45) is 0. The maximum absolute atomic E-state index is 12.7. The van der Waals surface area contributed by atoms with Gasteiger partial charge in [-0.05, 0) is 12.5 Å². The maximum Gasteiger partial charge on any atom is 0.390 e. The topological polar surface area (TPSA) is 94.0 Å². The van der Waals surface area contributed by atoms with Crippen molar-refractivity contribution in [2.75, 3.05) is 27.2 Å². The van der Waals surface area contributed by atoms with Crippen molar-refractivity contribution in [3.05, 3.63) is 35.4 Å². The molecule has 0 bridgehead atoms. The average Bonchev–Trinajstić information content (AvgIpc) is 2.96. The SMILES string of the molecule is Cc1ccc(C[N+]2=C(NCCN)N=C3C2C(=O)N(C)C(=O)N3C)cc1. The molecule has 1 aromatic rings. The van der Waals surface area contributed by atoms with Crippen molar-refractivity contribution in [1.82, 2.24) is 15.1 Å². The Balaban J connectivity index is 1.98. The highest BCUT2D eigenvalue weighted by molar-refractivity contribution is 6.22. The summed E-state index contributed by atoms with van der Waals surface area (Å²) in [5.74, 6) is 0.729. The Morgan fingerprint density at radius 2 is 1.88 bits per heavy atom. The third-order valence-electron chi connectivity index (χ3n) is 4.43. The molecule has 0 aliphatic carbocycles. The van der Waals surface area contributed by atoms with E-state index >= 15 is 0 Å². The van der Waals surface area contributed by atoms with Gasteiger partial charge in [0, 0.05) is 20.6 Å². The summed E-state index contributed by atoms with van der Waals surface area (Å²) in [6, 6.07) is 7.12. The second kappa shape index (κ2) is 6.64. The summed E-state index contributed by atoms with van der Waals surface area (Å²) < 4.78 is 1.89. The number of nitrogens with zero attached hydrogens (tertiary/aromatic N) is 4. The van der Waals surface area contributed by atoms with Gasteiger partial charge in [0.15, 0.2) is 0 Å². The Hall–Kier alpha value is -2.74. The molecule has 1 fully saturated rings. The summed E-state index contributed by atoms with van der Waals surface area (Å²) in [5.41, 5.74) is 7.82. The fraction of sp³-hybridized carbons (Fsp3) is 0.412. The minimum absolute atomic E-state index is 0.279. The van der Waals surface area contributed by atoms with Crippen molar-refractivity contribution >= 4 is 23.7 Å². The van der Waals surface area contributed by atoms with Crippen LogP contribution in [-0.4, -0.2) is 71.3 Å². The van der Waals surface area contributed by atoms with E-state index in [1.165, 1.54) is 17.5 Å². The van der Waals surface area contributed by atoms with Crippen LogP contribution in [0.3, 0.4) is 0 Å². The van der Waals surface area contributed by atoms with E-state index in [4.69, 9.17) is 5.73 Å². The number of amidine groups is 1. The predicted octanol–water partition coefficient (Wildman–Crippen LogP) is -0.284. The molecule has 3 rings (SSSR count). The van der Waals surface area contributed by atoms with Gasteiger partial charge in [-0.1, -0.05) is 34.8 Å². The van der Waals surface area contributed by atoms with Gasteiger partial charge in [-0.2, -0.15) is 0 Å². The van der Waals surface area contributed by atoms with Crippen molar-refractivity contribution in [1.29, 1.82) is 0 Å². The second-order valence-corrected chi connectivity index (χ2v) is 6.26. The quantitative estimate of drug-likeness (QED) is 0.735. The number of imide groups is 1. The van der Waals surface area contributed by atoms with Crippen LogP contribution in [0, 0.1) is 6.92 Å². The van der Waals surface area contributed by atoms with Gasteiger partial charge >= 0.3 is 12.0 Å². The van der Waals surface area contributed by atoms with Crippen LogP contribution in [0.4, 0.5) is 4.79 Å². The molecular formula is C17H23N6O2+. The number of urea groups is 1. The molecule has 8 heteroatoms. The molecule has 2 aliphatic heterocycles. The number of amides is 3. The van der Waals surface area contributed by atoms with E-state index < -0.39 is 6.04 Å². The smallest absolute Gasteiger partial charge is 0.328 e. The number of fused-ring (bicyclic) bond motifs is 1. The van der Waals surface area contributed by atoms with Crippen LogP contribution in [0.2, 0.25) is 0 Å². The molecule has 8 nitrogen and oxygen atoms in total. The van der Waals surface area contributed by atoms with Crippen LogP contribution in [0.1, 0.15) is 11.1 Å². The lowest BCUT2D eigenvalue weighted by Gasteiger charge is -2.31. The van der Waals surface area contributed by atoms with Crippen LogP contribution in [-0.2, 0) is 11.3 Å². The molecule has 3 amide bonds. The number of nitrogens with two attached hydrogens (primary N) is 1. The Labute approximate surface area is 146 Å². The zero-order chi connectivity index (χ0) is 18.1. The van der Waals surface area contributed by atoms with E-state index in [0.29, 0.717) is 31.4 Å². The van der Waals surface area contributed by atoms with Gasteiger partial charge in [-0.15, -0.1) is 0 Å². The maximum atomic E-state index is 12.7. The summed E-state index contributed by atoms with van der Waals surface area (Å²) in [5, 5.41) is 3.16. The molecule has 1 atom stereocenters. The van der Waals surface area contributed by atoms with Gasteiger partial charge in [0.05, 0.1) is 13.1 Å². The van der Waals surface area contributed by atoms with Gasteiger partial charge in [0.25, 0.3) is 5.91 Å². The number of hydrogen-bond acceptors (Lipinski definition) is 5. The lowest BCUT2D eigenvalue weighted by atomic mass is 10.1. The van der Waals surface area contributed by atoms with Crippen molar-refractivity contribution in [3.8, 4) is 0 Å². The molecule has 0 radical (unpaired) electrons. The number of guanidine groups is 1. The highest BCUT2D eigenvalue weighted by atomic mass is 16.2. The summed E-state index contributed by atoms with van der Waals surface area (Å²) in [4.78, 5) is 32.0. The van der Waals surface area contributed by atoms with Crippen LogP contribution in [0.15, 0.2) is 29.3 Å². The molecule has 2 aliphatic rings. The first kappa shape index (κ1) is 17.1. The number of likely N-dealkylation sites (N-methyl/N-ethyl adjacent to an activating group) is 2. The van der Waals surface area contributed by atoms with E-state index in [0.717, 1.165) is 10.5 Å². The summed E-state index contributed by atoms with van der Waals surface area (Å²) in [6.45, 7) is 3.51. The van der Waals surface area contributed by atoms with E-state index in [-0.39, 0.29) is 11.9 Å². The monoisotopic (exact) mass is 343 g/mol. The number of benzene rings is 1. The van der Waals surface area contributed by atoms with Crippen LogP contribution in [0.5, 0.6) is 0 Å². The van der Waals surface area contributed by atoms with Crippen LogP contribution >= 0.6 is 0 Å². The number of aliphatic imine (C=N–C) groups is 1. The largest absolute Gasteiger partial charge is 0.390 e. The second-order valence-electron chi connectivity index (χ2n) is 6.26. The lowest BCUT2D eigenvalue weighted by Crippen LogP contribution is -2.61. The Bertz CT molecular complexity index is 768. The van der Waals surface area contributed by atoms with Crippen molar-refractivity contribution in [2.24, 2.45) is 10.7 Å². The van der Waals surface area contributed by atoms with E-state index in [2.05, 4.69) is 10.3 Å². The van der Waals surface area contributed by atoms with Gasteiger partial charge in [-0.3, -0.25) is 19.9 Å². The number of carbonyl (C=O) groups excluding carboxylic acids is 2. The van der Waals surface area contributed by atoms with Crippen LogP contribution < -0.4 is 11.1 Å². The van der Waals surface area contributed by atoms with Gasteiger partial charge in [-0.25, -0.2) is 9.37 Å². The fourth-order valence-electron chi connectivity index (χ4n) is 2.98. The van der Waals surface area contributed by atoms with Gasteiger partial charge in [0.1, 0.15) is 0 Å². The molecule has 132 valence electrons. The van der Waals surface area contributed by atoms with E-state index in [1.807, 2.05) is 35.8 Å². The Morgan fingerprint density at radius 3 is 2.52 bits per heavy atom. The molecule has 25 heavy (non-hydrogen) atoms. The minimum Gasteiger partial charge on any atom is -0.328 e. The molecule has 2 heterocycles. The van der Waals surface area contributed by atoms with Crippen molar-refractivity contribution in [2.45, 2.75) is 19.5 Å². The predicted molar refractivity (Wildman–Crippen MR) is 94.4 cm³/mol. The molecule has 0 saturated carbocycles. The zero-order valence-corrected chi connectivity index (χ0v) is 14.7. The first-order chi connectivity index (χ1) is 11.9. The Kier molecular flexibility index (Phi) is 4.54. The highest BCUT2D eigenvalue weighted by Crippen LogP contribution is 2.20. The number of aryl methyl sites for hydroxylation is 1. The molecule has 3 N–H and O–H groups in total. The van der Waals surface area contributed by atoms with E-state index in [1.54, 1.807) is 7.05 Å². The summed E-state index contributed by atoms with van der Waals surface area (Å²) >= 11 is 0. The van der Waals surface area contributed by atoms with Gasteiger partial charge < -0.3 is 5.73 Å². The summed E-state index contributed by atoms with van der Waals surface area (Å²) in [7, 11) is 3.13. The normalized spacial score (nSPS) is 20.2. The number of rotatable bonds is 4. The van der Waals surface area contributed by atoms with Crippen molar-refractivity contribution < 1.29 is 14.2 Å². The standard InChI is InChI=1S/C17H22N6O2/c1-11-4-6-12(7-5-11)10-23-13-14(20-16(23)19-9-8-18)21(2)17(25)22(3)15(13)24/h4-7,13H,8-10,18H2,1-3H3/p+1. The molecule has 1 aromatic carbocycles. The number of carbonyl (C=O) groups is 2. The molecular weight excluding hydrogens is 320 g/mol. The molecule has 1 unspecified atom stereocenters. The number of hydrogen-bond donors (Lipinski definition) is 2. The molecule has 0 aromatic heterocycles. The third kappa shape index (κ3) is 3.00. The van der Waals surface area contributed by atoms with Gasteiger partial charge in [0.2, 0.25) is 11.9 Å². The Morgan fingerprint density at radius 1 is 1.20 bits per heavy atom. The van der Waals surface area contributed by atoms with E-state index in [9.17, 15) is 9.59 Å². The zero-order valence-electron chi connectivity index (χ0n) is 14.7. The van der Waals surface area contributed by atoms with Crippen LogP contribution in [0.25, 0.3) is 0 Å². The lowest BCUT2D eigenvalue weighted by molar-refractivity contribution is -0.553. The number of nitrogens with one attached hydrogen (secondary N) is 1. The first-order valence-electron chi connectivity index (χ1n) is 8.21. The highest BCUT2D eigenvalue weighted by Gasteiger charge is 2.51. The first-order valence-corrected chi connectivity index (χ1v) is 8.21.